The molecule has 0 saturated heterocycles. The number of ether oxygens (including phenoxy) is 4. The van der Waals surface area contributed by atoms with E-state index in [2.05, 4.69) is 0 Å². The van der Waals surface area contributed by atoms with Crippen molar-refractivity contribution in [2.75, 3.05) is 31.3 Å². The van der Waals surface area contributed by atoms with Crippen molar-refractivity contribution in [1.29, 1.82) is 0 Å². The first kappa shape index (κ1) is 41.4. The molecule has 0 fully saturated rings. The minimum absolute atomic E-state index is 0.0719. The summed E-state index contributed by atoms with van der Waals surface area (Å²) in [6.07, 6.45) is 8.18. The average molecular weight is 727 g/mol. The number of benzene rings is 3. The normalized spacial score (nSPS) is 11.4. The van der Waals surface area contributed by atoms with E-state index in [1.165, 1.54) is 6.08 Å². The van der Waals surface area contributed by atoms with Crippen molar-refractivity contribution in [3.05, 3.63) is 89.5 Å². The van der Waals surface area contributed by atoms with Crippen LogP contribution in [0.4, 0.5) is 24.5 Å². The summed E-state index contributed by atoms with van der Waals surface area (Å²) >= 11 is 0. The van der Waals surface area contributed by atoms with Crippen LogP contribution in [0, 0.1) is 0 Å². The molecule has 3 aromatic rings. The molecule has 0 aliphatic rings. The van der Waals surface area contributed by atoms with Gasteiger partial charge in [0.2, 0.25) is 0 Å². The van der Waals surface area contributed by atoms with Crippen LogP contribution in [0.5, 0.6) is 11.5 Å². The van der Waals surface area contributed by atoms with Gasteiger partial charge in [-0.3, -0.25) is 0 Å². The van der Waals surface area contributed by atoms with Gasteiger partial charge in [-0.05, 0) is 98.3 Å². The number of carbonyl (C=O) groups is 3. The molecule has 0 aliphatic heterocycles. The van der Waals surface area contributed by atoms with Crippen molar-refractivity contribution in [1.82, 2.24) is 0 Å². The Kier molecular flexibility index (Phi) is 18.1. The quantitative estimate of drug-likeness (QED) is 0.0321. The van der Waals surface area contributed by atoms with Gasteiger partial charge in [0.15, 0.2) is 0 Å². The smallest absolute Gasteiger partial charge is 0.389 e. The Hall–Kier alpha value is -5.00. The van der Waals surface area contributed by atoms with Gasteiger partial charge in [0, 0.05) is 23.9 Å². The summed E-state index contributed by atoms with van der Waals surface area (Å²) in [5, 5.41) is 0. The summed E-state index contributed by atoms with van der Waals surface area (Å²) in [5.74, 6) is -0.542. The highest BCUT2D eigenvalue weighted by atomic mass is 19.4. The second-order valence-electron chi connectivity index (χ2n) is 12.5. The van der Waals surface area contributed by atoms with Crippen LogP contribution in [-0.4, -0.2) is 43.9 Å². The lowest BCUT2D eigenvalue weighted by molar-refractivity contribution is -0.138. The average Bonchev–Trinajstić information content (AvgIpc) is 3.10. The monoisotopic (exact) mass is 726 g/mol. The molecule has 9 nitrogen and oxygen atoms in total. The predicted octanol–water partition coefficient (Wildman–Crippen LogP) is 9.50. The van der Waals surface area contributed by atoms with Crippen LogP contribution >= 0.6 is 0 Å². The summed E-state index contributed by atoms with van der Waals surface area (Å²) in [4.78, 5) is 36.7. The van der Waals surface area contributed by atoms with Gasteiger partial charge in [-0.1, -0.05) is 57.1 Å². The van der Waals surface area contributed by atoms with E-state index in [1.807, 2.05) is 0 Å². The molecule has 3 aromatic carbocycles. The van der Waals surface area contributed by atoms with E-state index in [9.17, 15) is 27.6 Å². The van der Waals surface area contributed by atoms with Crippen LogP contribution in [-0.2, 0) is 14.3 Å². The van der Waals surface area contributed by atoms with Crippen LogP contribution in [0.1, 0.15) is 110 Å². The van der Waals surface area contributed by atoms with E-state index in [1.54, 1.807) is 72.8 Å². The Labute approximate surface area is 303 Å². The number of nitrogen functional groups attached to an aromatic ring is 2. The van der Waals surface area contributed by atoms with Crippen LogP contribution in [0.2, 0.25) is 0 Å². The number of alkyl halides is 3. The summed E-state index contributed by atoms with van der Waals surface area (Å²) in [6.45, 7) is 1.02. The molecule has 0 bridgehead atoms. The van der Waals surface area contributed by atoms with Gasteiger partial charge < -0.3 is 30.4 Å². The fraction of sp³-hybridized carbons (Fsp3) is 0.425. The third-order valence-corrected chi connectivity index (χ3v) is 7.95. The number of unbranched alkanes of at least 4 members (excludes halogenated alkanes) is 10. The maximum atomic E-state index is 12.5. The molecular formula is C40H49F3N2O7. The molecule has 12 heteroatoms. The Balaban J connectivity index is 1.17. The molecule has 4 N–H and O–H groups in total. The molecule has 3 rings (SSSR count). The van der Waals surface area contributed by atoms with E-state index in [0.29, 0.717) is 66.7 Å². The fourth-order valence-corrected chi connectivity index (χ4v) is 5.16. The summed E-state index contributed by atoms with van der Waals surface area (Å²) < 4.78 is 58.1. The summed E-state index contributed by atoms with van der Waals surface area (Å²) in [7, 11) is 0. The lowest BCUT2D eigenvalue weighted by Gasteiger charge is -2.08. The molecule has 0 spiro atoms. The summed E-state index contributed by atoms with van der Waals surface area (Å²) in [6, 6.07) is 17.7. The number of hydrogen-bond acceptors (Lipinski definition) is 9. The highest BCUT2D eigenvalue weighted by Gasteiger charge is 2.25. The lowest BCUT2D eigenvalue weighted by atomic mass is 10.1. The molecule has 0 radical (unpaired) electrons. The molecule has 0 amide bonds. The third-order valence-electron chi connectivity index (χ3n) is 7.95. The Morgan fingerprint density at radius 3 is 1.69 bits per heavy atom. The van der Waals surface area contributed by atoms with Gasteiger partial charge >= 0.3 is 24.1 Å². The maximum Gasteiger partial charge on any atom is 0.389 e. The molecule has 0 unspecified atom stereocenters. The Morgan fingerprint density at radius 2 is 1.10 bits per heavy atom. The first-order valence-corrected chi connectivity index (χ1v) is 17.8. The zero-order valence-electron chi connectivity index (χ0n) is 29.5. The van der Waals surface area contributed by atoms with Crippen molar-refractivity contribution in [2.24, 2.45) is 0 Å². The molecule has 0 saturated carbocycles. The van der Waals surface area contributed by atoms with Crippen molar-refractivity contribution >= 4 is 35.4 Å². The van der Waals surface area contributed by atoms with E-state index in [-0.39, 0.29) is 6.42 Å². The van der Waals surface area contributed by atoms with E-state index < -0.39 is 30.5 Å². The topological polar surface area (TPSA) is 140 Å². The molecule has 282 valence electrons. The first-order chi connectivity index (χ1) is 25.0. The fourth-order valence-electron chi connectivity index (χ4n) is 5.16. The molecule has 0 aromatic heterocycles. The minimum Gasteiger partial charge on any atom is -0.494 e. The second kappa shape index (κ2) is 22.7. The number of halogens is 3. The van der Waals surface area contributed by atoms with Crippen molar-refractivity contribution in [3.63, 3.8) is 0 Å². The van der Waals surface area contributed by atoms with Crippen LogP contribution < -0.4 is 20.9 Å². The Morgan fingerprint density at radius 1 is 0.577 bits per heavy atom. The van der Waals surface area contributed by atoms with Gasteiger partial charge in [-0.25, -0.2) is 14.4 Å². The van der Waals surface area contributed by atoms with Crippen molar-refractivity contribution < 1.29 is 46.5 Å². The van der Waals surface area contributed by atoms with E-state index >= 15 is 0 Å². The maximum absolute atomic E-state index is 12.5. The molecule has 52 heavy (non-hydrogen) atoms. The van der Waals surface area contributed by atoms with Crippen LogP contribution in [0.25, 0.3) is 6.08 Å². The largest absolute Gasteiger partial charge is 0.494 e. The Bertz CT molecular complexity index is 1540. The van der Waals surface area contributed by atoms with Crippen molar-refractivity contribution in [2.45, 2.75) is 89.6 Å². The highest BCUT2D eigenvalue weighted by molar-refractivity contribution is 5.92. The summed E-state index contributed by atoms with van der Waals surface area (Å²) in [5.41, 5.74) is 13.7. The lowest BCUT2D eigenvalue weighted by Crippen LogP contribution is -2.08. The standard InChI is InChI=1S/C40H49F3N2O7/c41-40(42,43)23-9-8-12-24-49-35-20-16-31(17-21-35)39(48)52-36-18-13-30(14-19-36)15-22-37(46)50-25-10-6-4-2-1-3-5-7-11-26-51-38(47)32-27-33(44)29-34(45)28-32/h13-22,27-29H,1-12,23-26,44-45H2. The van der Waals surface area contributed by atoms with Crippen molar-refractivity contribution in [3.8, 4) is 11.5 Å². The molecule has 0 aliphatic carbocycles. The SMILES string of the molecule is Nc1cc(N)cc(C(=O)OCCCCCCCCCCCOC(=O)C=Cc2ccc(OC(=O)c3ccc(OCCCCCC(F)(F)F)cc3)cc2)c1. The van der Waals surface area contributed by atoms with E-state index in [4.69, 9.17) is 30.4 Å². The highest BCUT2D eigenvalue weighted by Crippen LogP contribution is 2.23. The molecule has 0 atom stereocenters. The van der Waals surface area contributed by atoms with Crippen LogP contribution in [0.15, 0.2) is 72.8 Å². The first-order valence-electron chi connectivity index (χ1n) is 17.8. The molecular weight excluding hydrogens is 677 g/mol. The van der Waals surface area contributed by atoms with Gasteiger partial charge in [0.05, 0.1) is 30.9 Å². The van der Waals surface area contributed by atoms with Crippen LogP contribution in [0.3, 0.4) is 0 Å². The third kappa shape index (κ3) is 17.8. The number of carbonyl (C=O) groups excluding carboxylic acids is 3. The number of esters is 3. The number of nitrogens with two attached hydrogens (primary N) is 2. The number of rotatable bonds is 23. The van der Waals surface area contributed by atoms with Gasteiger partial charge in [0.1, 0.15) is 11.5 Å². The van der Waals surface area contributed by atoms with Gasteiger partial charge in [-0.2, -0.15) is 13.2 Å². The minimum atomic E-state index is -4.13. The molecule has 0 heterocycles. The van der Waals surface area contributed by atoms with Gasteiger partial charge in [0.25, 0.3) is 0 Å². The van der Waals surface area contributed by atoms with E-state index in [0.717, 1.165) is 63.4 Å². The number of anilines is 2. The predicted molar refractivity (Wildman–Crippen MR) is 195 cm³/mol. The zero-order valence-corrected chi connectivity index (χ0v) is 29.5. The van der Waals surface area contributed by atoms with Gasteiger partial charge in [-0.15, -0.1) is 0 Å². The zero-order chi connectivity index (χ0) is 37.6. The number of hydrogen-bond donors (Lipinski definition) is 2. The second-order valence-corrected chi connectivity index (χ2v) is 12.5.